The monoisotopic (exact) mass is 448 g/mol. The molecule has 0 saturated carbocycles. The Labute approximate surface area is 191 Å². The number of fused-ring (bicyclic) bond motifs is 1. The Bertz CT molecular complexity index is 1160. The molecule has 2 aromatic heterocycles. The second kappa shape index (κ2) is 9.55. The van der Waals surface area contributed by atoms with E-state index in [9.17, 15) is 4.79 Å². The van der Waals surface area contributed by atoms with Gasteiger partial charge in [-0.2, -0.15) is 10.1 Å². The second-order valence-electron chi connectivity index (χ2n) is 8.36. The Hall–Kier alpha value is -3.50. The van der Waals surface area contributed by atoms with Crippen LogP contribution in [0.3, 0.4) is 0 Å². The zero-order valence-electron chi connectivity index (χ0n) is 18.6. The van der Waals surface area contributed by atoms with Crippen LogP contribution in [0, 0.1) is 6.92 Å². The van der Waals surface area contributed by atoms with Gasteiger partial charge in [-0.1, -0.05) is 29.8 Å². The molecule has 10 heteroatoms. The third kappa shape index (κ3) is 4.96. The van der Waals surface area contributed by atoms with E-state index in [2.05, 4.69) is 36.0 Å². The molecule has 0 spiro atoms. The summed E-state index contributed by atoms with van der Waals surface area (Å²) in [6, 6.07) is 9.97. The van der Waals surface area contributed by atoms with E-state index in [1.165, 1.54) is 0 Å². The summed E-state index contributed by atoms with van der Waals surface area (Å²) in [5, 5.41) is 10.7. The number of hydrazone groups is 1. The van der Waals surface area contributed by atoms with Gasteiger partial charge in [0.15, 0.2) is 5.82 Å². The van der Waals surface area contributed by atoms with Gasteiger partial charge in [-0.15, -0.1) is 0 Å². The maximum atomic E-state index is 12.8. The van der Waals surface area contributed by atoms with Gasteiger partial charge in [0.1, 0.15) is 11.2 Å². The van der Waals surface area contributed by atoms with E-state index in [-0.39, 0.29) is 11.9 Å². The zero-order valence-corrected chi connectivity index (χ0v) is 18.6. The van der Waals surface area contributed by atoms with E-state index in [1.54, 1.807) is 12.3 Å². The molecule has 1 aromatic carbocycles. The van der Waals surface area contributed by atoms with E-state index in [1.807, 2.05) is 31.2 Å². The van der Waals surface area contributed by atoms with E-state index >= 15 is 0 Å². The van der Waals surface area contributed by atoms with Gasteiger partial charge < -0.3 is 25.3 Å². The molecule has 1 atom stereocenters. The Kier molecular flexibility index (Phi) is 6.18. The van der Waals surface area contributed by atoms with Gasteiger partial charge in [-0.05, 0) is 31.5 Å². The molecule has 0 radical (unpaired) electrons. The Balaban J connectivity index is 1.43. The van der Waals surface area contributed by atoms with Crippen LogP contribution in [0.4, 0.5) is 11.8 Å². The topological polar surface area (TPSA) is 120 Å². The van der Waals surface area contributed by atoms with Crippen molar-refractivity contribution in [3.8, 4) is 0 Å². The van der Waals surface area contributed by atoms with Crippen LogP contribution in [0.2, 0.25) is 0 Å². The fourth-order valence-corrected chi connectivity index (χ4v) is 4.13. The molecule has 2 aliphatic heterocycles. The summed E-state index contributed by atoms with van der Waals surface area (Å²) in [5.41, 5.74) is 6.97. The number of aromatic amines is 1. The highest BCUT2D eigenvalue weighted by molar-refractivity contribution is 6.00. The quantitative estimate of drug-likeness (QED) is 0.334. The number of carbonyl (C=O) groups is 1. The lowest BCUT2D eigenvalue weighted by atomic mass is 10.2. The van der Waals surface area contributed by atoms with Crippen LogP contribution in [-0.2, 0) is 4.74 Å². The number of anilines is 2. The van der Waals surface area contributed by atoms with Crippen LogP contribution < -0.4 is 21.0 Å². The highest BCUT2D eigenvalue weighted by atomic mass is 16.5. The van der Waals surface area contributed by atoms with Crippen molar-refractivity contribution in [3.63, 3.8) is 0 Å². The number of ether oxygens (including phenoxy) is 1. The van der Waals surface area contributed by atoms with Crippen molar-refractivity contribution in [2.24, 2.45) is 5.10 Å². The van der Waals surface area contributed by atoms with Crippen LogP contribution in [0.5, 0.6) is 0 Å². The number of benzene rings is 1. The molecule has 3 aromatic rings. The van der Waals surface area contributed by atoms with Crippen molar-refractivity contribution in [2.45, 2.75) is 19.4 Å². The normalized spacial score (nSPS) is 18.8. The van der Waals surface area contributed by atoms with Gasteiger partial charge in [-0.25, -0.2) is 10.4 Å². The minimum absolute atomic E-state index is 0.137. The molecule has 1 unspecified atom stereocenters. The zero-order chi connectivity index (χ0) is 22.6. The van der Waals surface area contributed by atoms with E-state index in [4.69, 9.17) is 9.72 Å². The van der Waals surface area contributed by atoms with Gasteiger partial charge in [0.05, 0.1) is 24.9 Å². The van der Waals surface area contributed by atoms with E-state index < -0.39 is 0 Å². The summed E-state index contributed by atoms with van der Waals surface area (Å²) < 4.78 is 5.50. The molecule has 172 valence electrons. The van der Waals surface area contributed by atoms with Crippen molar-refractivity contribution in [1.82, 2.24) is 25.6 Å². The number of H-pyrrole nitrogens is 1. The summed E-state index contributed by atoms with van der Waals surface area (Å²) >= 11 is 0. The number of hydrogen-bond donors (Lipinski definition) is 4. The van der Waals surface area contributed by atoms with Crippen LogP contribution in [0.15, 0.2) is 35.4 Å². The summed E-state index contributed by atoms with van der Waals surface area (Å²) in [5.74, 6) is 0.971. The first-order chi connectivity index (χ1) is 16.2. The Morgan fingerprint density at radius 3 is 2.94 bits per heavy atom. The van der Waals surface area contributed by atoms with E-state index in [0.29, 0.717) is 43.5 Å². The smallest absolute Gasteiger partial charge is 0.268 e. The van der Waals surface area contributed by atoms with Crippen molar-refractivity contribution in [3.05, 3.63) is 47.2 Å². The molecular weight excluding hydrogens is 420 g/mol. The van der Waals surface area contributed by atoms with Gasteiger partial charge in [0.25, 0.3) is 5.91 Å². The molecule has 4 N–H and O–H groups in total. The highest BCUT2D eigenvalue weighted by Crippen LogP contribution is 2.26. The number of carbonyl (C=O) groups excluding carboxylic acids is 1. The highest BCUT2D eigenvalue weighted by Gasteiger charge is 2.23. The average molecular weight is 449 g/mol. The number of aryl methyl sites for hydroxylation is 1. The molecule has 2 fully saturated rings. The van der Waals surface area contributed by atoms with E-state index in [0.717, 1.165) is 42.0 Å². The van der Waals surface area contributed by atoms with Crippen LogP contribution in [0.25, 0.3) is 11.0 Å². The van der Waals surface area contributed by atoms with Crippen LogP contribution in [-0.4, -0.2) is 72.5 Å². The maximum Gasteiger partial charge on any atom is 0.268 e. The minimum Gasteiger partial charge on any atom is -0.378 e. The number of aromatic nitrogens is 3. The second-order valence-corrected chi connectivity index (χ2v) is 8.36. The third-order valence-corrected chi connectivity index (χ3v) is 5.83. The lowest BCUT2D eigenvalue weighted by Gasteiger charge is -2.28. The average Bonchev–Trinajstić information content (AvgIpc) is 3.49. The molecule has 4 heterocycles. The lowest BCUT2D eigenvalue weighted by Crippen LogP contribution is -2.37. The summed E-state index contributed by atoms with van der Waals surface area (Å²) in [7, 11) is 0. The summed E-state index contributed by atoms with van der Waals surface area (Å²) in [6.45, 7) is 6.43. The fraction of sp³-hybridized carbons (Fsp3) is 0.391. The first kappa shape index (κ1) is 21.4. The van der Waals surface area contributed by atoms with Gasteiger partial charge in [0.2, 0.25) is 5.95 Å². The molecule has 2 aliphatic rings. The molecule has 0 aliphatic carbocycles. The fourth-order valence-electron chi connectivity index (χ4n) is 4.13. The Morgan fingerprint density at radius 1 is 1.27 bits per heavy atom. The number of rotatable bonds is 6. The standard InChI is InChI=1S/C23H28N8O2/c1-15-3-2-4-16(11-15)13-25-30-23-28-18-12-19(22(32)26-17-5-6-24-14-17)27-20(18)21(29-23)31-7-9-33-10-8-31/h2-4,11-13,17,24,27H,5-10,14H2,1H3,(H,26,32)(H,28,29,30)/b25-13+. The molecule has 10 nitrogen and oxygen atoms in total. The summed E-state index contributed by atoms with van der Waals surface area (Å²) in [4.78, 5) is 27.5. The van der Waals surface area contributed by atoms with Crippen LogP contribution >= 0.6 is 0 Å². The predicted octanol–water partition coefficient (Wildman–Crippen LogP) is 1.64. The first-order valence-electron chi connectivity index (χ1n) is 11.3. The number of amides is 1. The molecule has 33 heavy (non-hydrogen) atoms. The number of hydrogen-bond acceptors (Lipinski definition) is 8. The third-order valence-electron chi connectivity index (χ3n) is 5.83. The van der Waals surface area contributed by atoms with Crippen molar-refractivity contribution < 1.29 is 9.53 Å². The molecular formula is C23H28N8O2. The van der Waals surface area contributed by atoms with Crippen LogP contribution in [0.1, 0.15) is 28.0 Å². The predicted molar refractivity (Wildman–Crippen MR) is 128 cm³/mol. The van der Waals surface area contributed by atoms with Gasteiger partial charge in [-0.3, -0.25) is 4.79 Å². The summed E-state index contributed by atoms with van der Waals surface area (Å²) in [6.07, 6.45) is 2.67. The number of nitrogens with zero attached hydrogens (tertiary/aromatic N) is 4. The molecule has 1 amide bonds. The first-order valence-corrected chi connectivity index (χ1v) is 11.3. The SMILES string of the molecule is Cc1cccc(/C=N/Nc2nc(N3CCOCC3)c3[nH]c(C(=O)NC4CCNC4)cc3n2)c1. The van der Waals surface area contributed by atoms with Gasteiger partial charge >= 0.3 is 0 Å². The molecule has 0 bridgehead atoms. The largest absolute Gasteiger partial charge is 0.378 e. The Morgan fingerprint density at radius 2 is 2.15 bits per heavy atom. The minimum atomic E-state index is -0.137. The van der Waals surface area contributed by atoms with Crippen molar-refractivity contribution >= 4 is 34.9 Å². The number of morpholine rings is 1. The van der Waals surface area contributed by atoms with Crippen molar-refractivity contribution in [1.29, 1.82) is 0 Å². The lowest BCUT2D eigenvalue weighted by molar-refractivity contribution is 0.0936. The molecule has 2 saturated heterocycles. The molecule has 5 rings (SSSR count). The maximum absolute atomic E-state index is 12.8. The number of nitrogens with one attached hydrogen (secondary N) is 4. The van der Waals surface area contributed by atoms with Crippen molar-refractivity contribution in [2.75, 3.05) is 49.7 Å². The van der Waals surface area contributed by atoms with Gasteiger partial charge in [0, 0.05) is 25.7 Å².